The van der Waals surface area contributed by atoms with E-state index in [0.717, 1.165) is 5.56 Å². The molecule has 0 aliphatic carbocycles. The van der Waals surface area contributed by atoms with E-state index in [1.807, 2.05) is 30.3 Å². The summed E-state index contributed by atoms with van der Waals surface area (Å²) in [6.07, 6.45) is -2.99. The van der Waals surface area contributed by atoms with Crippen LogP contribution in [0.4, 0.5) is 10.6 Å². The van der Waals surface area contributed by atoms with Gasteiger partial charge >= 0.3 is 6.09 Å². The van der Waals surface area contributed by atoms with E-state index in [9.17, 15) is 15.0 Å². The molecule has 2 unspecified atom stereocenters. The number of aliphatic hydroxyl groups excluding tert-OH is 2. The van der Waals surface area contributed by atoms with E-state index >= 15 is 0 Å². The predicted molar refractivity (Wildman–Crippen MR) is 91.7 cm³/mol. The van der Waals surface area contributed by atoms with Gasteiger partial charge in [0.1, 0.15) is 12.7 Å². The Labute approximate surface area is 149 Å². The highest BCUT2D eigenvalue weighted by molar-refractivity contribution is 6.29. The number of carbonyl (C=O) groups excluding carboxylic acids is 1. The zero-order valence-corrected chi connectivity index (χ0v) is 14.1. The van der Waals surface area contributed by atoms with Gasteiger partial charge in [-0.2, -0.15) is 0 Å². The van der Waals surface area contributed by atoms with E-state index in [2.05, 4.69) is 15.5 Å². The van der Waals surface area contributed by atoms with E-state index in [-0.39, 0.29) is 36.1 Å². The second-order valence-corrected chi connectivity index (χ2v) is 5.68. The van der Waals surface area contributed by atoms with Crippen LogP contribution in [0.25, 0.3) is 0 Å². The maximum atomic E-state index is 11.6. The molecule has 2 atom stereocenters. The van der Waals surface area contributed by atoms with Gasteiger partial charge in [0.05, 0.1) is 6.10 Å². The Morgan fingerprint density at radius 2 is 2.00 bits per heavy atom. The average Bonchev–Trinajstić information content (AvgIpc) is 2.62. The molecule has 0 saturated carbocycles. The van der Waals surface area contributed by atoms with Gasteiger partial charge in [-0.05, 0) is 18.1 Å². The standard InChI is InChI=1S/C16H19ClN4O4/c17-13-8-11(15(18)21-20-13)14(23)12(22)6-7-19-16(24)25-9-10-4-2-1-3-5-10/h1-5,8,12,14,22-23H,6-7,9H2,(H2,18,21)(H,19,24). The summed E-state index contributed by atoms with van der Waals surface area (Å²) in [5, 5.41) is 29.8. The van der Waals surface area contributed by atoms with Crippen LogP contribution in [0.3, 0.4) is 0 Å². The smallest absolute Gasteiger partial charge is 0.407 e. The summed E-state index contributed by atoms with van der Waals surface area (Å²) < 4.78 is 5.04. The van der Waals surface area contributed by atoms with Crippen LogP contribution < -0.4 is 11.1 Å². The quantitative estimate of drug-likeness (QED) is 0.582. The summed E-state index contributed by atoms with van der Waals surface area (Å²) in [4.78, 5) is 11.6. The molecule has 2 rings (SSSR count). The first-order valence-electron chi connectivity index (χ1n) is 7.56. The molecule has 1 heterocycles. The molecular formula is C16H19ClN4O4. The Morgan fingerprint density at radius 3 is 2.72 bits per heavy atom. The van der Waals surface area contributed by atoms with E-state index in [4.69, 9.17) is 22.1 Å². The number of ether oxygens (including phenoxy) is 1. The number of hydrogen-bond acceptors (Lipinski definition) is 7. The first-order chi connectivity index (χ1) is 12.0. The summed E-state index contributed by atoms with van der Waals surface area (Å²) in [5.41, 5.74) is 6.65. The number of rotatable bonds is 7. The molecular weight excluding hydrogens is 348 g/mol. The number of nitrogen functional groups attached to an aromatic ring is 1. The molecule has 8 nitrogen and oxygen atoms in total. The molecule has 0 aliphatic rings. The van der Waals surface area contributed by atoms with Crippen molar-refractivity contribution >= 4 is 23.5 Å². The van der Waals surface area contributed by atoms with E-state index in [0.29, 0.717) is 0 Å². The molecule has 0 bridgehead atoms. The van der Waals surface area contributed by atoms with Crippen molar-refractivity contribution in [3.05, 3.63) is 52.7 Å². The third-order valence-corrected chi connectivity index (χ3v) is 3.61. The summed E-state index contributed by atoms with van der Waals surface area (Å²) in [7, 11) is 0. The third-order valence-electron chi connectivity index (χ3n) is 3.43. The molecule has 9 heteroatoms. The molecule has 0 radical (unpaired) electrons. The third kappa shape index (κ3) is 5.86. The maximum Gasteiger partial charge on any atom is 0.407 e. The molecule has 1 aromatic heterocycles. The highest BCUT2D eigenvalue weighted by atomic mass is 35.5. The zero-order valence-electron chi connectivity index (χ0n) is 13.3. The average molecular weight is 367 g/mol. The summed E-state index contributed by atoms with van der Waals surface area (Å²) in [5.74, 6) is -0.0221. The molecule has 0 spiro atoms. The molecule has 2 aromatic rings. The lowest BCUT2D eigenvalue weighted by Gasteiger charge is -2.19. The van der Waals surface area contributed by atoms with Crippen molar-refractivity contribution < 1.29 is 19.7 Å². The van der Waals surface area contributed by atoms with Crippen LogP contribution in [0.2, 0.25) is 5.15 Å². The minimum Gasteiger partial charge on any atom is -0.445 e. The number of nitrogens with one attached hydrogen (secondary N) is 1. The molecule has 25 heavy (non-hydrogen) atoms. The number of aromatic nitrogens is 2. The number of nitrogens with two attached hydrogens (primary N) is 1. The number of halogens is 1. The fourth-order valence-electron chi connectivity index (χ4n) is 2.09. The van der Waals surface area contributed by atoms with Gasteiger partial charge in [0.2, 0.25) is 0 Å². The lowest BCUT2D eigenvalue weighted by molar-refractivity contribution is 0.0138. The lowest BCUT2D eigenvalue weighted by atomic mass is 10.0. The lowest BCUT2D eigenvalue weighted by Crippen LogP contribution is -2.30. The fraction of sp³-hybridized carbons (Fsp3) is 0.312. The van der Waals surface area contributed by atoms with Gasteiger partial charge in [-0.15, -0.1) is 10.2 Å². The normalized spacial score (nSPS) is 13.1. The van der Waals surface area contributed by atoms with Crippen LogP contribution in [0, 0.1) is 0 Å². The number of benzene rings is 1. The number of nitrogens with zero attached hydrogens (tertiary/aromatic N) is 2. The van der Waals surface area contributed by atoms with Crippen molar-refractivity contribution in [3.8, 4) is 0 Å². The van der Waals surface area contributed by atoms with Gasteiger partial charge in [-0.3, -0.25) is 0 Å². The van der Waals surface area contributed by atoms with Gasteiger partial charge < -0.3 is 26.0 Å². The Kier molecular flexibility index (Phi) is 6.93. The summed E-state index contributed by atoms with van der Waals surface area (Å²) >= 11 is 5.70. The maximum absolute atomic E-state index is 11.6. The van der Waals surface area contributed by atoms with E-state index in [1.165, 1.54) is 6.07 Å². The highest BCUT2D eigenvalue weighted by Gasteiger charge is 2.22. The van der Waals surface area contributed by atoms with Gasteiger partial charge in [0.15, 0.2) is 11.0 Å². The van der Waals surface area contributed by atoms with Crippen LogP contribution in [-0.4, -0.2) is 39.2 Å². The second kappa shape index (κ2) is 9.16. The van der Waals surface area contributed by atoms with Crippen LogP contribution in [-0.2, 0) is 11.3 Å². The zero-order chi connectivity index (χ0) is 18.2. The number of hydrogen-bond donors (Lipinski definition) is 4. The molecule has 5 N–H and O–H groups in total. The molecule has 0 fully saturated rings. The van der Waals surface area contributed by atoms with Crippen molar-refractivity contribution in [1.82, 2.24) is 15.5 Å². The number of alkyl carbamates (subject to hydrolysis) is 1. The van der Waals surface area contributed by atoms with Crippen molar-refractivity contribution in [3.63, 3.8) is 0 Å². The summed E-state index contributed by atoms with van der Waals surface area (Å²) in [6.45, 7) is 0.258. The van der Waals surface area contributed by atoms with Crippen molar-refractivity contribution in [1.29, 1.82) is 0 Å². The van der Waals surface area contributed by atoms with Crippen LogP contribution in [0.5, 0.6) is 0 Å². The Bertz CT molecular complexity index is 702. The number of aliphatic hydroxyl groups is 2. The van der Waals surface area contributed by atoms with E-state index < -0.39 is 18.3 Å². The van der Waals surface area contributed by atoms with Gasteiger partial charge in [-0.1, -0.05) is 41.9 Å². The molecule has 1 aromatic carbocycles. The first kappa shape index (κ1) is 18.9. The number of carbonyl (C=O) groups is 1. The number of anilines is 1. The van der Waals surface area contributed by atoms with Crippen LogP contribution >= 0.6 is 11.6 Å². The van der Waals surface area contributed by atoms with Crippen molar-refractivity contribution in [2.75, 3.05) is 12.3 Å². The molecule has 134 valence electrons. The Balaban J connectivity index is 1.75. The minimum atomic E-state index is -1.30. The first-order valence-corrected chi connectivity index (χ1v) is 7.94. The molecule has 0 aliphatic heterocycles. The fourth-order valence-corrected chi connectivity index (χ4v) is 2.24. The predicted octanol–water partition coefficient (Wildman–Crippen LogP) is 1.42. The number of amides is 1. The topological polar surface area (TPSA) is 131 Å². The highest BCUT2D eigenvalue weighted by Crippen LogP contribution is 2.24. The SMILES string of the molecule is Nc1nnc(Cl)cc1C(O)C(O)CCNC(=O)OCc1ccccc1. The van der Waals surface area contributed by atoms with Gasteiger partial charge in [-0.25, -0.2) is 4.79 Å². The van der Waals surface area contributed by atoms with Crippen molar-refractivity contribution in [2.24, 2.45) is 0 Å². The van der Waals surface area contributed by atoms with Gasteiger partial charge in [0.25, 0.3) is 0 Å². The second-order valence-electron chi connectivity index (χ2n) is 5.30. The monoisotopic (exact) mass is 366 g/mol. The van der Waals surface area contributed by atoms with Crippen LogP contribution in [0.15, 0.2) is 36.4 Å². The molecule has 1 amide bonds. The van der Waals surface area contributed by atoms with Gasteiger partial charge in [0, 0.05) is 12.1 Å². The Hall–Kier alpha value is -2.42. The van der Waals surface area contributed by atoms with Crippen LogP contribution in [0.1, 0.15) is 23.7 Å². The largest absolute Gasteiger partial charge is 0.445 e. The Morgan fingerprint density at radius 1 is 1.28 bits per heavy atom. The van der Waals surface area contributed by atoms with E-state index in [1.54, 1.807) is 0 Å². The minimum absolute atomic E-state index is 0.0221. The molecule has 0 saturated heterocycles. The van der Waals surface area contributed by atoms with Crippen molar-refractivity contribution in [2.45, 2.75) is 25.2 Å². The summed E-state index contributed by atoms with van der Waals surface area (Å²) in [6, 6.07) is 10.6.